The lowest BCUT2D eigenvalue weighted by Gasteiger charge is -2.03. The molecule has 3 heteroatoms. The Hall–Kier alpha value is -1.80. The Balaban J connectivity index is 0.00000162. The number of halogens is 1. The first kappa shape index (κ1) is 14.3. The van der Waals surface area contributed by atoms with E-state index >= 15 is 0 Å². The number of aryl methyl sites for hydroxylation is 2. The first-order valence-corrected chi connectivity index (χ1v) is 5.63. The van der Waals surface area contributed by atoms with Gasteiger partial charge >= 0.3 is 0 Å². The number of nitrogens with two attached hydrogens (primary N) is 1. The molecule has 0 bridgehead atoms. The van der Waals surface area contributed by atoms with Gasteiger partial charge in [0, 0.05) is 5.56 Å². The molecule has 18 heavy (non-hydrogen) atoms. The van der Waals surface area contributed by atoms with Crippen LogP contribution < -0.4 is 5.73 Å². The van der Waals surface area contributed by atoms with E-state index in [1.54, 1.807) is 0 Å². The van der Waals surface area contributed by atoms with Crippen molar-refractivity contribution in [1.82, 2.24) is 0 Å². The Kier molecular flexibility index (Phi) is 4.93. The predicted molar refractivity (Wildman–Crippen MR) is 80.0 cm³/mol. The molecule has 0 spiro atoms. The van der Waals surface area contributed by atoms with Crippen LogP contribution in [0.3, 0.4) is 0 Å². The molecule has 0 heterocycles. The molecule has 2 N–H and O–H groups in total. The lowest BCUT2D eigenvalue weighted by Crippen LogP contribution is -2.12. The van der Waals surface area contributed by atoms with Crippen molar-refractivity contribution in [3.63, 3.8) is 0 Å². The molecule has 0 amide bonds. The summed E-state index contributed by atoms with van der Waals surface area (Å²) in [5.74, 6) is 0.555. The van der Waals surface area contributed by atoms with Gasteiger partial charge < -0.3 is 5.73 Å². The molecule has 0 unspecified atom stereocenters. The van der Waals surface area contributed by atoms with E-state index in [0.717, 1.165) is 11.3 Å². The fourth-order valence-corrected chi connectivity index (χ4v) is 1.71. The van der Waals surface area contributed by atoms with E-state index in [-0.39, 0.29) is 12.4 Å². The van der Waals surface area contributed by atoms with Crippen molar-refractivity contribution in [2.75, 3.05) is 0 Å². The summed E-state index contributed by atoms with van der Waals surface area (Å²) < 4.78 is 0. The maximum absolute atomic E-state index is 6.00. The summed E-state index contributed by atoms with van der Waals surface area (Å²) in [6, 6.07) is 16.0. The minimum Gasteiger partial charge on any atom is -0.383 e. The zero-order valence-corrected chi connectivity index (χ0v) is 11.4. The van der Waals surface area contributed by atoms with E-state index in [4.69, 9.17) is 5.73 Å². The second-order valence-corrected chi connectivity index (χ2v) is 4.21. The SMILES string of the molecule is Cc1cccc(N=C(N)c2cccc(C)c2)c1.Cl. The van der Waals surface area contributed by atoms with Crippen LogP contribution in [0.25, 0.3) is 0 Å². The minimum absolute atomic E-state index is 0. The summed E-state index contributed by atoms with van der Waals surface area (Å²) in [4.78, 5) is 4.43. The van der Waals surface area contributed by atoms with E-state index in [2.05, 4.69) is 4.99 Å². The maximum Gasteiger partial charge on any atom is 0.131 e. The van der Waals surface area contributed by atoms with E-state index in [1.807, 2.05) is 62.4 Å². The molecular weight excluding hydrogens is 244 g/mol. The van der Waals surface area contributed by atoms with Crippen LogP contribution in [0.1, 0.15) is 16.7 Å². The summed E-state index contributed by atoms with van der Waals surface area (Å²) in [5, 5.41) is 0. The fraction of sp³-hybridized carbons (Fsp3) is 0.133. The third kappa shape index (κ3) is 3.60. The van der Waals surface area contributed by atoms with Crippen molar-refractivity contribution < 1.29 is 0 Å². The predicted octanol–water partition coefficient (Wildman–Crippen LogP) is 3.76. The van der Waals surface area contributed by atoms with Crippen LogP contribution in [-0.4, -0.2) is 5.84 Å². The van der Waals surface area contributed by atoms with Gasteiger partial charge in [0.05, 0.1) is 5.69 Å². The summed E-state index contributed by atoms with van der Waals surface area (Å²) in [5.41, 5.74) is 10.2. The molecule has 0 saturated heterocycles. The Morgan fingerprint density at radius 1 is 0.944 bits per heavy atom. The van der Waals surface area contributed by atoms with Crippen molar-refractivity contribution in [1.29, 1.82) is 0 Å². The van der Waals surface area contributed by atoms with E-state index < -0.39 is 0 Å². The average molecular weight is 261 g/mol. The monoisotopic (exact) mass is 260 g/mol. The molecule has 0 saturated carbocycles. The summed E-state index contributed by atoms with van der Waals surface area (Å²) in [6.07, 6.45) is 0. The van der Waals surface area contributed by atoms with Gasteiger partial charge in [0.1, 0.15) is 5.84 Å². The highest BCUT2D eigenvalue weighted by molar-refractivity contribution is 5.99. The van der Waals surface area contributed by atoms with E-state index in [9.17, 15) is 0 Å². The molecule has 2 rings (SSSR count). The zero-order valence-electron chi connectivity index (χ0n) is 10.6. The largest absolute Gasteiger partial charge is 0.383 e. The highest BCUT2D eigenvalue weighted by Crippen LogP contribution is 2.14. The first-order valence-electron chi connectivity index (χ1n) is 5.63. The van der Waals surface area contributed by atoms with Crippen molar-refractivity contribution >= 4 is 23.9 Å². The molecule has 2 aromatic carbocycles. The molecular formula is C15H17ClN2. The summed E-state index contributed by atoms with van der Waals surface area (Å²) in [6.45, 7) is 4.09. The van der Waals surface area contributed by atoms with Gasteiger partial charge in [-0.2, -0.15) is 0 Å². The van der Waals surface area contributed by atoms with Crippen LogP contribution in [-0.2, 0) is 0 Å². The maximum atomic E-state index is 6.00. The third-order valence-electron chi connectivity index (χ3n) is 2.57. The van der Waals surface area contributed by atoms with E-state index in [1.165, 1.54) is 11.1 Å². The zero-order chi connectivity index (χ0) is 12.3. The molecule has 0 aliphatic rings. The fourth-order valence-electron chi connectivity index (χ4n) is 1.71. The van der Waals surface area contributed by atoms with Crippen molar-refractivity contribution in [2.24, 2.45) is 10.7 Å². The Morgan fingerprint density at radius 2 is 1.56 bits per heavy atom. The topological polar surface area (TPSA) is 38.4 Å². The number of hydrogen-bond acceptors (Lipinski definition) is 1. The standard InChI is InChI=1S/C15H16N2.ClH/c1-11-5-3-7-13(9-11)15(16)17-14-8-4-6-12(2)10-14;/h3-10H,1-2H3,(H2,16,17);1H. The van der Waals surface area contributed by atoms with Crippen molar-refractivity contribution in [3.05, 3.63) is 65.2 Å². The van der Waals surface area contributed by atoms with Gasteiger partial charge in [0.2, 0.25) is 0 Å². The second-order valence-electron chi connectivity index (χ2n) is 4.21. The number of nitrogens with zero attached hydrogens (tertiary/aromatic N) is 1. The molecule has 0 aliphatic heterocycles. The normalized spacial score (nSPS) is 10.9. The summed E-state index contributed by atoms with van der Waals surface area (Å²) in [7, 11) is 0. The van der Waals surface area contributed by atoms with Crippen LogP contribution in [0.4, 0.5) is 5.69 Å². The summed E-state index contributed by atoms with van der Waals surface area (Å²) >= 11 is 0. The Bertz CT molecular complexity index is 562. The number of amidine groups is 1. The smallest absolute Gasteiger partial charge is 0.131 e. The molecule has 0 aromatic heterocycles. The molecule has 94 valence electrons. The van der Waals surface area contributed by atoms with Crippen LogP contribution in [0.5, 0.6) is 0 Å². The van der Waals surface area contributed by atoms with Gasteiger partial charge in [-0.05, 0) is 37.6 Å². The molecule has 0 fully saturated rings. The Morgan fingerprint density at radius 3 is 2.17 bits per heavy atom. The van der Waals surface area contributed by atoms with E-state index in [0.29, 0.717) is 5.84 Å². The van der Waals surface area contributed by atoms with Gasteiger partial charge in [-0.25, -0.2) is 4.99 Å². The van der Waals surface area contributed by atoms with Gasteiger partial charge in [-0.3, -0.25) is 0 Å². The molecule has 0 aliphatic carbocycles. The first-order chi connectivity index (χ1) is 8.15. The molecule has 2 nitrogen and oxygen atoms in total. The molecule has 0 atom stereocenters. The van der Waals surface area contributed by atoms with Crippen LogP contribution >= 0.6 is 12.4 Å². The lowest BCUT2D eigenvalue weighted by atomic mass is 10.1. The number of benzene rings is 2. The highest BCUT2D eigenvalue weighted by Gasteiger charge is 1.99. The molecule has 0 radical (unpaired) electrons. The Labute approximate surface area is 114 Å². The minimum atomic E-state index is 0. The van der Waals surface area contributed by atoms with Crippen LogP contribution in [0, 0.1) is 13.8 Å². The van der Waals surface area contributed by atoms with Crippen LogP contribution in [0.2, 0.25) is 0 Å². The quantitative estimate of drug-likeness (QED) is 0.648. The third-order valence-corrected chi connectivity index (χ3v) is 2.57. The van der Waals surface area contributed by atoms with Crippen molar-refractivity contribution in [2.45, 2.75) is 13.8 Å². The van der Waals surface area contributed by atoms with Gasteiger partial charge in [0.25, 0.3) is 0 Å². The van der Waals surface area contributed by atoms with Gasteiger partial charge in [-0.15, -0.1) is 12.4 Å². The molecule has 2 aromatic rings. The second kappa shape index (κ2) is 6.22. The average Bonchev–Trinajstić information content (AvgIpc) is 2.29. The lowest BCUT2D eigenvalue weighted by molar-refractivity contribution is 1.39. The van der Waals surface area contributed by atoms with Crippen LogP contribution in [0.15, 0.2) is 53.5 Å². The van der Waals surface area contributed by atoms with Gasteiger partial charge in [0.15, 0.2) is 0 Å². The highest BCUT2D eigenvalue weighted by atomic mass is 35.5. The van der Waals surface area contributed by atoms with Crippen molar-refractivity contribution in [3.8, 4) is 0 Å². The number of hydrogen-bond donors (Lipinski definition) is 1. The number of rotatable bonds is 2. The number of aliphatic imine (C=N–C) groups is 1. The van der Waals surface area contributed by atoms with Gasteiger partial charge in [-0.1, -0.05) is 35.9 Å².